The molecule has 1 aromatic carbocycles. The Morgan fingerprint density at radius 2 is 2.04 bits per heavy atom. The van der Waals surface area contributed by atoms with Gasteiger partial charge in [0.2, 0.25) is 5.13 Å². The average Bonchev–Trinajstić information content (AvgIpc) is 3.22. The number of hydrazine groups is 1. The molecule has 0 saturated heterocycles. The Hall–Kier alpha value is -2.67. The van der Waals surface area contributed by atoms with Gasteiger partial charge in [0, 0.05) is 17.8 Å². The molecule has 0 atom stereocenters. The standard InChI is InChI=1S/C16H17N5OS/c1-11(2)14-13(10-21(20-14)16-17-8-9-23-16)15(22)19-18-12-6-4-3-5-7-12/h3-11,18H,1-2H3,(H,19,22). The van der Waals surface area contributed by atoms with Crippen molar-refractivity contribution in [1.29, 1.82) is 0 Å². The van der Waals surface area contributed by atoms with Gasteiger partial charge in [-0.3, -0.25) is 15.6 Å². The topological polar surface area (TPSA) is 71.8 Å². The molecule has 6 nitrogen and oxygen atoms in total. The van der Waals surface area contributed by atoms with Gasteiger partial charge in [-0.15, -0.1) is 11.3 Å². The van der Waals surface area contributed by atoms with Crippen LogP contribution in [-0.4, -0.2) is 20.7 Å². The molecule has 3 aromatic rings. The fraction of sp³-hybridized carbons (Fsp3) is 0.188. The van der Waals surface area contributed by atoms with Crippen molar-refractivity contribution < 1.29 is 4.79 Å². The van der Waals surface area contributed by atoms with Crippen LogP contribution in [0.1, 0.15) is 35.8 Å². The zero-order chi connectivity index (χ0) is 16.2. The van der Waals surface area contributed by atoms with Crippen LogP contribution in [0.4, 0.5) is 5.69 Å². The first-order chi connectivity index (χ1) is 11.1. The van der Waals surface area contributed by atoms with E-state index in [-0.39, 0.29) is 11.8 Å². The van der Waals surface area contributed by atoms with Crippen molar-refractivity contribution in [3.05, 3.63) is 59.4 Å². The Bertz CT molecular complexity index is 780. The van der Waals surface area contributed by atoms with Crippen LogP contribution in [0.5, 0.6) is 0 Å². The maximum Gasteiger partial charge on any atom is 0.273 e. The molecular weight excluding hydrogens is 310 g/mol. The van der Waals surface area contributed by atoms with Crippen LogP contribution in [0.2, 0.25) is 0 Å². The minimum absolute atomic E-state index is 0.133. The van der Waals surface area contributed by atoms with Crippen LogP contribution >= 0.6 is 11.3 Å². The number of thiazole rings is 1. The molecular formula is C16H17N5OS. The third kappa shape index (κ3) is 3.40. The smallest absolute Gasteiger partial charge is 0.273 e. The lowest BCUT2D eigenvalue weighted by atomic mass is 10.1. The van der Waals surface area contributed by atoms with E-state index in [4.69, 9.17) is 0 Å². The molecule has 0 radical (unpaired) electrons. The predicted molar refractivity (Wildman–Crippen MR) is 90.9 cm³/mol. The minimum Gasteiger partial charge on any atom is -0.298 e. The summed E-state index contributed by atoms with van der Waals surface area (Å²) in [4.78, 5) is 16.7. The quantitative estimate of drug-likeness (QED) is 0.706. The molecule has 118 valence electrons. The molecule has 0 bridgehead atoms. The summed E-state index contributed by atoms with van der Waals surface area (Å²) in [5.41, 5.74) is 7.72. The van der Waals surface area contributed by atoms with Crippen molar-refractivity contribution >= 4 is 22.9 Å². The molecule has 0 saturated carbocycles. The zero-order valence-corrected chi connectivity index (χ0v) is 13.7. The van der Waals surface area contributed by atoms with Crippen LogP contribution in [0, 0.1) is 0 Å². The first-order valence-corrected chi connectivity index (χ1v) is 8.14. The summed E-state index contributed by atoms with van der Waals surface area (Å²) in [6.45, 7) is 4.02. The number of hydrogen-bond acceptors (Lipinski definition) is 5. The second-order valence-electron chi connectivity index (χ2n) is 5.29. The van der Waals surface area contributed by atoms with Gasteiger partial charge in [0.05, 0.1) is 16.9 Å². The van der Waals surface area contributed by atoms with Gasteiger partial charge in [0.1, 0.15) is 0 Å². The molecule has 0 aliphatic heterocycles. The predicted octanol–water partition coefficient (Wildman–Crippen LogP) is 3.21. The summed E-state index contributed by atoms with van der Waals surface area (Å²) in [6.07, 6.45) is 3.43. The van der Waals surface area contributed by atoms with Crippen LogP contribution in [0.25, 0.3) is 5.13 Å². The Labute approximate surface area is 138 Å². The molecule has 1 amide bonds. The number of amides is 1. The molecule has 23 heavy (non-hydrogen) atoms. The van der Waals surface area contributed by atoms with E-state index in [1.165, 1.54) is 11.3 Å². The Balaban J connectivity index is 1.81. The largest absolute Gasteiger partial charge is 0.298 e. The molecule has 0 spiro atoms. The molecule has 7 heteroatoms. The summed E-state index contributed by atoms with van der Waals surface area (Å²) in [5.74, 6) is -0.0888. The van der Waals surface area contributed by atoms with Crippen LogP contribution < -0.4 is 10.9 Å². The molecule has 0 unspecified atom stereocenters. The number of rotatable bonds is 5. The van der Waals surface area contributed by atoms with Gasteiger partial charge < -0.3 is 0 Å². The van der Waals surface area contributed by atoms with E-state index < -0.39 is 0 Å². The molecule has 2 aromatic heterocycles. The molecule has 0 fully saturated rings. The lowest BCUT2D eigenvalue weighted by Crippen LogP contribution is -2.29. The number of para-hydroxylation sites is 1. The third-order valence-corrected chi connectivity index (χ3v) is 4.00. The van der Waals surface area contributed by atoms with Crippen molar-refractivity contribution in [1.82, 2.24) is 20.2 Å². The lowest BCUT2D eigenvalue weighted by molar-refractivity contribution is 0.0961. The normalized spacial score (nSPS) is 10.7. The Morgan fingerprint density at radius 3 is 2.70 bits per heavy atom. The SMILES string of the molecule is CC(C)c1nn(-c2nccs2)cc1C(=O)NNc1ccccc1. The third-order valence-electron chi connectivity index (χ3n) is 3.24. The second kappa shape index (κ2) is 6.62. The number of benzene rings is 1. The summed E-state index contributed by atoms with van der Waals surface area (Å²) >= 11 is 1.47. The highest BCUT2D eigenvalue weighted by molar-refractivity contribution is 7.12. The molecule has 0 aliphatic rings. The Morgan fingerprint density at radius 1 is 1.26 bits per heavy atom. The summed E-state index contributed by atoms with van der Waals surface area (Å²) in [6, 6.07) is 9.47. The van der Waals surface area contributed by atoms with Gasteiger partial charge >= 0.3 is 0 Å². The molecule has 2 N–H and O–H groups in total. The monoisotopic (exact) mass is 327 g/mol. The number of hydrogen-bond donors (Lipinski definition) is 2. The van der Waals surface area contributed by atoms with Crippen molar-refractivity contribution in [3.8, 4) is 5.13 Å². The van der Waals surface area contributed by atoms with Crippen LogP contribution in [-0.2, 0) is 0 Å². The maximum absolute atomic E-state index is 12.5. The van der Waals surface area contributed by atoms with E-state index in [0.717, 1.165) is 16.5 Å². The highest BCUT2D eigenvalue weighted by Crippen LogP contribution is 2.21. The highest BCUT2D eigenvalue weighted by Gasteiger charge is 2.20. The number of nitrogens with zero attached hydrogens (tertiary/aromatic N) is 3. The Kier molecular flexibility index (Phi) is 4.38. The van der Waals surface area contributed by atoms with Crippen molar-refractivity contribution in [2.24, 2.45) is 0 Å². The van der Waals surface area contributed by atoms with Gasteiger partial charge in [-0.1, -0.05) is 32.0 Å². The number of aromatic nitrogens is 3. The van der Waals surface area contributed by atoms with E-state index in [2.05, 4.69) is 20.9 Å². The first kappa shape index (κ1) is 15.2. The molecule has 3 rings (SSSR count). The number of carbonyl (C=O) groups is 1. The van der Waals surface area contributed by atoms with Gasteiger partial charge in [-0.25, -0.2) is 9.67 Å². The second-order valence-corrected chi connectivity index (χ2v) is 6.16. The van der Waals surface area contributed by atoms with Gasteiger partial charge in [0.25, 0.3) is 5.91 Å². The lowest BCUT2D eigenvalue weighted by Gasteiger charge is -2.09. The zero-order valence-electron chi connectivity index (χ0n) is 12.9. The van der Waals surface area contributed by atoms with Crippen molar-refractivity contribution in [2.75, 3.05) is 5.43 Å². The number of anilines is 1. The number of nitrogens with one attached hydrogen (secondary N) is 2. The van der Waals surface area contributed by atoms with E-state index in [0.29, 0.717) is 5.56 Å². The van der Waals surface area contributed by atoms with Crippen molar-refractivity contribution in [3.63, 3.8) is 0 Å². The van der Waals surface area contributed by atoms with E-state index >= 15 is 0 Å². The molecule has 0 aliphatic carbocycles. The van der Waals surface area contributed by atoms with Gasteiger partial charge in [0.15, 0.2) is 0 Å². The first-order valence-electron chi connectivity index (χ1n) is 7.26. The van der Waals surface area contributed by atoms with Gasteiger partial charge in [-0.2, -0.15) is 5.10 Å². The van der Waals surface area contributed by atoms with Crippen molar-refractivity contribution in [2.45, 2.75) is 19.8 Å². The van der Waals surface area contributed by atoms with E-state index in [1.54, 1.807) is 17.1 Å². The average molecular weight is 327 g/mol. The fourth-order valence-electron chi connectivity index (χ4n) is 2.13. The van der Waals surface area contributed by atoms with E-state index in [9.17, 15) is 4.79 Å². The summed E-state index contributed by atoms with van der Waals surface area (Å²) < 4.78 is 1.65. The highest BCUT2D eigenvalue weighted by atomic mass is 32.1. The fourth-order valence-corrected chi connectivity index (χ4v) is 2.70. The van der Waals surface area contributed by atoms with Crippen LogP contribution in [0.3, 0.4) is 0 Å². The van der Waals surface area contributed by atoms with Gasteiger partial charge in [-0.05, 0) is 18.1 Å². The number of carbonyl (C=O) groups excluding carboxylic acids is 1. The molecule has 2 heterocycles. The summed E-state index contributed by atoms with van der Waals surface area (Å²) in [7, 11) is 0. The van der Waals surface area contributed by atoms with E-state index in [1.807, 2.05) is 49.6 Å². The summed E-state index contributed by atoms with van der Waals surface area (Å²) in [5, 5.41) is 7.12. The minimum atomic E-state index is -0.222. The van der Waals surface area contributed by atoms with Crippen LogP contribution in [0.15, 0.2) is 48.1 Å². The maximum atomic E-state index is 12.5.